The van der Waals surface area contributed by atoms with Crippen LogP contribution >= 0.6 is 0 Å². The Balaban J connectivity index is 2.24. The molecule has 0 unspecified atom stereocenters. The molecule has 0 fully saturated rings. The van der Waals surface area contributed by atoms with Gasteiger partial charge >= 0.3 is 6.18 Å². The molecular formula is C15H18F3N3O. The summed E-state index contributed by atoms with van der Waals surface area (Å²) in [4.78, 5) is 19.1. The van der Waals surface area contributed by atoms with Crippen molar-refractivity contribution in [2.24, 2.45) is 5.92 Å². The molecule has 0 bridgehead atoms. The maximum atomic E-state index is 12.3. The van der Waals surface area contributed by atoms with Crippen molar-refractivity contribution < 1.29 is 18.0 Å². The van der Waals surface area contributed by atoms with Gasteiger partial charge in [0.2, 0.25) is 5.91 Å². The lowest BCUT2D eigenvalue weighted by molar-refractivity contribution is -0.154. The highest BCUT2D eigenvalue weighted by atomic mass is 19.4. The average Bonchev–Trinajstić information content (AvgIpc) is 2.85. The monoisotopic (exact) mass is 313 g/mol. The van der Waals surface area contributed by atoms with Crippen LogP contribution in [-0.2, 0) is 4.79 Å². The summed E-state index contributed by atoms with van der Waals surface area (Å²) >= 11 is 0. The van der Waals surface area contributed by atoms with Crippen LogP contribution in [0.1, 0.15) is 38.6 Å². The van der Waals surface area contributed by atoms with E-state index >= 15 is 0 Å². The first-order chi connectivity index (χ1) is 10.3. The van der Waals surface area contributed by atoms with Gasteiger partial charge in [-0.15, -0.1) is 0 Å². The van der Waals surface area contributed by atoms with E-state index in [4.69, 9.17) is 0 Å². The summed E-state index contributed by atoms with van der Waals surface area (Å²) in [6.45, 7) is 3.78. The number of amides is 1. The fraction of sp³-hybridized carbons (Fsp3) is 0.467. The molecule has 4 nitrogen and oxygen atoms in total. The second-order valence-electron chi connectivity index (χ2n) is 5.36. The topological polar surface area (TPSA) is 57.8 Å². The number of nitrogens with zero attached hydrogens (tertiary/aromatic N) is 1. The molecule has 0 aliphatic rings. The third-order valence-electron chi connectivity index (χ3n) is 3.59. The van der Waals surface area contributed by atoms with Crippen LogP contribution in [0.2, 0.25) is 0 Å². The van der Waals surface area contributed by atoms with Crippen LogP contribution < -0.4 is 5.32 Å². The molecule has 1 aromatic carbocycles. The van der Waals surface area contributed by atoms with Crippen molar-refractivity contribution in [1.82, 2.24) is 15.3 Å². The van der Waals surface area contributed by atoms with Gasteiger partial charge in [0.25, 0.3) is 0 Å². The lowest BCUT2D eigenvalue weighted by Gasteiger charge is -2.22. The van der Waals surface area contributed by atoms with Crippen LogP contribution in [0.4, 0.5) is 13.2 Å². The first-order valence-electron chi connectivity index (χ1n) is 7.11. The van der Waals surface area contributed by atoms with Gasteiger partial charge in [-0.2, -0.15) is 13.2 Å². The van der Waals surface area contributed by atoms with Gasteiger partial charge in [0.1, 0.15) is 12.2 Å². The molecule has 2 aromatic rings. The number of aromatic nitrogens is 2. The van der Waals surface area contributed by atoms with E-state index in [2.05, 4.69) is 15.3 Å². The Morgan fingerprint density at radius 2 is 2.05 bits per heavy atom. The van der Waals surface area contributed by atoms with Gasteiger partial charge in [-0.25, -0.2) is 4.98 Å². The largest absolute Gasteiger partial charge is 0.397 e. The Labute approximate surface area is 126 Å². The number of H-pyrrole nitrogens is 1. The fourth-order valence-electron chi connectivity index (χ4n) is 2.24. The number of aromatic amines is 1. The summed E-state index contributed by atoms with van der Waals surface area (Å²) in [5, 5.41) is 2.45. The highest BCUT2D eigenvalue weighted by Crippen LogP contribution is 2.26. The predicted octanol–water partition coefficient (Wildman–Crippen LogP) is 3.72. The molecule has 0 aliphatic heterocycles. The second-order valence-corrected chi connectivity index (χ2v) is 5.36. The molecule has 2 rings (SSSR count). The number of hydrogen-bond donors (Lipinski definition) is 2. The third kappa shape index (κ3) is 3.99. The number of para-hydroxylation sites is 2. The number of nitrogens with one attached hydrogen (secondary N) is 2. The quantitative estimate of drug-likeness (QED) is 0.884. The van der Waals surface area contributed by atoms with Crippen LogP contribution in [0, 0.1) is 5.92 Å². The Hall–Kier alpha value is -2.05. The standard InChI is InChI=1S/C15H18F3N3O/c1-3-9(2)13(21-12(22)8-15(16,17)18)14-19-10-6-4-5-7-11(10)20-14/h4-7,9,13H,3,8H2,1-2H3,(H,19,20)(H,21,22)/t9-,13-/m1/s1. The number of benzene rings is 1. The summed E-state index contributed by atoms with van der Waals surface area (Å²) in [5.41, 5.74) is 1.51. The van der Waals surface area contributed by atoms with Gasteiger partial charge in [-0.05, 0) is 18.1 Å². The molecule has 120 valence electrons. The highest BCUT2D eigenvalue weighted by molar-refractivity contribution is 5.78. The molecule has 0 saturated heterocycles. The minimum atomic E-state index is -4.52. The Morgan fingerprint density at radius 3 is 2.64 bits per heavy atom. The zero-order chi connectivity index (χ0) is 16.3. The summed E-state index contributed by atoms with van der Waals surface area (Å²) in [5.74, 6) is -0.609. The van der Waals surface area contributed by atoms with E-state index in [0.717, 1.165) is 11.0 Å². The van der Waals surface area contributed by atoms with Crippen molar-refractivity contribution >= 4 is 16.9 Å². The number of carbonyl (C=O) groups excluding carboxylic acids is 1. The second kappa shape index (κ2) is 6.37. The molecule has 0 aliphatic carbocycles. The summed E-state index contributed by atoms with van der Waals surface area (Å²) < 4.78 is 37.0. The molecule has 2 atom stereocenters. The summed E-state index contributed by atoms with van der Waals surface area (Å²) in [7, 11) is 0. The van der Waals surface area contributed by atoms with Crippen LogP contribution in [0.3, 0.4) is 0 Å². The van der Waals surface area contributed by atoms with Crippen LogP contribution in [0.25, 0.3) is 11.0 Å². The Kier molecular flexibility index (Phi) is 4.73. The van der Waals surface area contributed by atoms with Gasteiger partial charge in [-0.3, -0.25) is 4.79 Å². The highest BCUT2D eigenvalue weighted by Gasteiger charge is 2.33. The van der Waals surface area contributed by atoms with Gasteiger partial charge in [0.15, 0.2) is 0 Å². The number of imidazole rings is 1. The number of hydrogen-bond acceptors (Lipinski definition) is 2. The SMILES string of the molecule is CC[C@@H](C)[C@@H](NC(=O)CC(F)(F)F)c1nc2ccccc2[nH]1. The van der Waals surface area contributed by atoms with E-state index in [1.807, 2.05) is 32.0 Å². The van der Waals surface area contributed by atoms with Crippen molar-refractivity contribution in [3.8, 4) is 0 Å². The normalized spacial score (nSPS) is 14.8. The Morgan fingerprint density at radius 1 is 1.36 bits per heavy atom. The molecule has 7 heteroatoms. The van der Waals surface area contributed by atoms with Crippen molar-refractivity contribution in [3.63, 3.8) is 0 Å². The van der Waals surface area contributed by atoms with Crippen molar-refractivity contribution in [2.45, 2.75) is 38.9 Å². The van der Waals surface area contributed by atoms with Crippen LogP contribution in [0.5, 0.6) is 0 Å². The third-order valence-corrected chi connectivity index (χ3v) is 3.59. The van der Waals surface area contributed by atoms with E-state index in [-0.39, 0.29) is 5.92 Å². The zero-order valence-electron chi connectivity index (χ0n) is 12.4. The van der Waals surface area contributed by atoms with Gasteiger partial charge in [0, 0.05) is 0 Å². The van der Waals surface area contributed by atoms with E-state index in [1.165, 1.54) is 0 Å². The lowest BCUT2D eigenvalue weighted by Crippen LogP contribution is -2.35. The van der Waals surface area contributed by atoms with Gasteiger partial charge < -0.3 is 10.3 Å². The Bertz CT molecular complexity index is 618. The van der Waals surface area contributed by atoms with Crippen LogP contribution in [-0.4, -0.2) is 22.1 Å². The first-order valence-corrected chi connectivity index (χ1v) is 7.11. The van der Waals surface area contributed by atoms with Crippen LogP contribution in [0.15, 0.2) is 24.3 Å². The average molecular weight is 313 g/mol. The van der Waals surface area contributed by atoms with E-state index in [9.17, 15) is 18.0 Å². The molecule has 1 amide bonds. The van der Waals surface area contributed by atoms with E-state index in [0.29, 0.717) is 12.2 Å². The van der Waals surface area contributed by atoms with Crippen molar-refractivity contribution in [3.05, 3.63) is 30.1 Å². The first kappa shape index (κ1) is 16.3. The molecule has 0 radical (unpaired) electrons. The molecule has 0 spiro atoms. The number of fused-ring (bicyclic) bond motifs is 1. The zero-order valence-corrected chi connectivity index (χ0v) is 12.4. The smallest absolute Gasteiger partial charge is 0.346 e. The molecule has 1 heterocycles. The fourth-order valence-corrected chi connectivity index (χ4v) is 2.24. The molecular weight excluding hydrogens is 295 g/mol. The van der Waals surface area contributed by atoms with Crippen molar-refractivity contribution in [1.29, 1.82) is 0 Å². The maximum absolute atomic E-state index is 12.3. The molecule has 22 heavy (non-hydrogen) atoms. The maximum Gasteiger partial charge on any atom is 0.397 e. The van der Waals surface area contributed by atoms with E-state index < -0.39 is 24.5 Å². The summed E-state index contributed by atoms with van der Waals surface area (Å²) in [6, 6.07) is 6.72. The summed E-state index contributed by atoms with van der Waals surface area (Å²) in [6.07, 6.45) is -5.30. The predicted molar refractivity (Wildman–Crippen MR) is 77.1 cm³/mol. The van der Waals surface area contributed by atoms with Gasteiger partial charge in [0.05, 0.1) is 17.1 Å². The minimum Gasteiger partial charge on any atom is -0.346 e. The number of alkyl halides is 3. The lowest BCUT2D eigenvalue weighted by atomic mass is 9.98. The number of halogens is 3. The molecule has 1 aromatic heterocycles. The molecule has 2 N–H and O–H groups in total. The number of rotatable bonds is 5. The molecule has 0 saturated carbocycles. The number of carbonyl (C=O) groups is 1. The van der Waals surface area contributed by atoms with E-state index in [1.54, 1.807) is 6.07 Å². The van der Waals surface area contributed by atoms with Crippen molar-refractivity contribution in [2.75, 3.05) is 0 Å². The van der Waals surface area contributed by atoms with Gasteiger partial charge in [-0.1, -0.05) is 32.4 Å². The minimum absolute atomic E-state index is 0.0438.